The lowest BCUT2D eigenvalue weighted by Crippen LogP contribution is -2.17. The van der Waals surface area contributed by atoms with E-state index in [0.717, 1.165) is 43.2 Å². The SMILES string of the molecule is CCCCCCCCCCc1cc(CCCCCCCCCC)c(C(=O)OCC)c(C(=O)OCC)c1. The topological polar surface area (TPSA) is 52.6 Å². The summed E-state index contributed by atoms with van der Waals surface area (Å²) in [5.41, 5.74) is 2.87. The molecule has 0 N–H and O–H groups in total. The summed E-state index contributed by atoms with van der Waals surface area (Å²) in [5.74, 6) is -0.829. The summed E-state index contributed by atoms with van der Waals surface area (Å²) in [7, 11) is 0. The third kappa shape index (κ3) is 13.5. The first-order valence-electron chi connectivity index (χ1n) is 15.1. The van der Waals surface area contributed by atoms with Crippen molar-refractivity contribution in [1.29, 1.82) is 0 Å². The lowest BCUT2D eigenvalue weighted by molar-refractivity contribution is 0.0477. The van der Waals surface area contributed by atoms with Crippen molar-refractivity contribution in [3.05, 3.63) is 34.4 Å². The molecule has 206 valence electrons. The summed E-state index contributed by atoms with van der Waals surface area (Å²) in [6.45, 7) is 8.68. The van der Waals surface area contributed by atoms with Crippen LogP contribution >= 0.6 is 0 Å². The van der Waals surface area contributed by atoms with E-state index in [1.807, 2.05) is 6.07 Å². The molecule has 1 rings (SSSR count). The second-order valence-electron chi connectivity index (χ2n) is 10.1. The number of ether oxygens (including phenoxy) is 2. The average molecular weight is 503 g/mol. The summed E-state index contributed by atoms with van der Waals surface area (Å²) >= 11 is 0. The second kappa shape index (κ2) is 21.3. The number of aryl methyl sites for hydroxylation is 2. The molecule has 0 saturated carbocycles. The largest absolute Gasteiger partial charge is 0.462 e. The maximum Gasteiger partial charge on any atom is 0.339 e. The molecule has 0 aliphatic rings. The van der Waals surface area contributed by atoms with Crippen LogP contribution in [0.3, 0.4) is 0 Å². The van der Waals surface area contributed by atoms with E-state index in [4.69, 9.17) is 9.47 Å². The predicted octanol–water partition coefficient (Wildman–Crippen LogP) is 9.41. The summed E-state index contributed by atoms with van der Waals surface area (Å²) in [6, 6.07) is 4.03. The fraction of sp³-hybridized carbons (Fsp3) is 0.750. The van der Waals surface area contributed by atoms with Gasteiger partial charge in [-0.1, -0.05) is 110 Å². The van der Waals surface area contributed by atoms with Crippen molar-refractivity contribution in [1.82, 2.24) is 0 Å². The van der Waals surface area contributed by atoms with Crippen molar-refractivity contribution in [2.45, 2.75) is 143 Å². The van der Waals surface area contributed by atoms with Crippen LogP contribution in [0.4, 0.5) is 0 Å². The minimum Gasteiger partial charge on any atom is -0.462 e. The Labute approximate surface area is 221 Å². The number of esters is 2. The van der Waals surface area contributed by atoms with Gasteiger partial charge in [0.1, 0.15) is 0 Å². The van der Waals surface area contributed by atoms with Crippen LogP contribution in [0, 0.1) is 0 Å². The van der Waals surface area contributed by atoms with Gasteiger partial charge in [-0.3, -0.25) is 0 Å². The van der Waals surface area contributed by atoms with Crippen molar-refractivity contribution in [2.75, 3.05) is 13.2 Å². The normalized spacial score (nSPS) is 11.0. The Morgan fingerprint density at radius 3 is 1.50 bits per heavy atom. The smallest absolute Gasteiger partial charge is 0.339 e. The lowest BCUT2D eigenvalue weighted by Gasteiger charge is -2.16. The molecule has 0 heterocycles. The number of hydrogen-bond acceptors (Lipinski definition) is 4. The van der Waals surface area contributed by atoms with Crippen molar-refractivity contribution < 1.29 is 19.1 Å². The van der Waals surface area contributed by atoms with Gasteiger partial charge < -0.3 is 9.47 Å². The molecular formula is C32H54O4. The zero-order chi connectivity index (χ0) is 26.4. The minimum absolute atomic E-state index is 0.288. The number of unbranched alkanes of at least 4 members (excludes halogenated alkanes) is 14. The lowest BCUT2D eigenvalue weighted by atomic mass is 9.91. The van der Waals surface area contributed by atoms with Crippen LogP contribution in [-0.2, 0) is 22.3 Å². The Morgan fingerprint density at radius 1 is 0.556 bits per heavy atom. The van der Waals surface area contributed by atoms with Crippen molar-refractivity contribution in [3.63, 3.8) is 0 Å². The molecule has 0 spiro atoms. The van der Waals surface area contributed by atoms with E-state index in [1.165, 1.54) is 83.5 Å². The highest BCUT2D eigenvalue weighted by molar-refractivity contribution is 6.04. The Bertz CT molecular complexity index is 725. The Balaban J connectivity index is 2.88. The fourth-order valence-corrected chi connectivity index (χ4v) is 4.84. The highest BCUT2D eigenvalue weighted by atomic mass is 16.5. The number of hydrogen-bond donors (Lipinski definition) is 0. The van der Waals surface area contributed by atoms with Gasteiger partial charge in [-0.25, -0.2) is 9.59 Å². The van der Waals surface area contributed by atoms with Gasteiger partial charge in [0.15, 0.2) is 0 Å². The third-order valence-electron chi connectivity index (χ3n) is 6.87. The molecule has 0 aromatic heterocycles. The van der Waals surface area contributed by atoms with E-state index in [1.54, 1.807) is 13.8 Å². The van der Waals surface area contributed by atoms with E-state index in [-0.39, 0.29) is 13.2 Å². The molecule has 1 aromatic carbocycles. The summed E-state index contributed by atoms with van der Waals surface area (Å²) < 4.78 is 10.7. The molecule has 0 aliphatic carbocycles. The standard InChI is InChI=1S/C32H54O4/c1-5-9-11-13-15-17-19-21-23-27-25-28(24-22-20-18-16-14-12-10-6-2)30(32(34)36-8-4)29(26-27)31(33)35-7-3/h25-26H,5-24H2,1-4H3. The molecule has 0 atom stereocenters. The highest BCUT2D eigenvalue weighted by Gasteiger charge is 2.24. The molecule has 36 heavy (non-hydrogen) atoms. The Hall–Kier alpha value is -1.84. The van der Waals surface area contributed by atoms with Crippen LogP contribution in [0.15, 0.2) is 12.1 Å². The van der Waals surface area contributed by atoms with Crippen molar-refractivity contribution in [2.24, 2.45) is 0 Å². The van der Waals surface area contributed by atoms with Crippen molar-refractivity contribution >= 4 is 11.9 Å². The highest BCUT2D eigenvalue weighted by Crippen LogP contribution is 2.25. The first-order chi connectivity index (χ1) is 17.6. The average Bonchev–Trinajstić information content (AvgIpc) is 2.87. The van der Waals surface area contributed by atoms with Gasteiger partial charge in [0.25, 0.3) is 0 Å². The van der Waals surface area contributed by atoms with Gasteiger partial charge in [0, 0.05) is 0 Å². The molecule has 4 heteroatoms. The fourth-order valence-electron chi connectivity index (χ4n) is 4.84. The summed E-state index contributed by atoms with van der Waals surface area (Å²) in [4.78, 5) is 25.8. The molecule has 0 amide bonds. The van der Waals surface area contributed by atoms with Crippen LogP contribution in [0.2, 0.25) is 0 Å². The molecule has 0 saturated heterocycles. The van der Waals surface area contributed by atoms with Crippen LogP contribution in [0.5, 0.6) is 0 Å². The zero-order valence-electron chi connectivity index (χ0n) is 23.9. The molecule has 0 fully saturated rings. The zero-order valence-corrected chi connectivity index (χ0v) is 23.9. The molecule has 4 nitrogen and oxygen atoms in total. The van der Waals surface area contributed by atoms with Crippen LogP contribution in [0.1, 0.15) is 162 Å². The van der Waals surface area contributed by atoms with E-state index >= 15 is 0 Å². The van der Waals surface area contributed by atoms with Gasteiger partial charge in [0.2, 0.25) is 0 Å². The summed E-state index contributed by atoms with van der Waals surface area (Å²) in [5, 5.41) is 0. The second-order valence-corrected chi connectivity index (χ2v) is 10.1. The van der Waals surface area contributed by atoms with Gasteiger partial charge in [0.05, 0.1) is 24.3 Å². The first kappa shape index (κ1) is 32.2. The summed E-state index contributed by atoms with van der Waals surface area (Å²) in [6.07, 6.45) is 21.8. The van der Waals surface area contributed by atoms with E-state index in [9.17, 15) is 9.59 Å². The Morgan fingerprint density at radius 2 is 1.00 bits per heavy atom. The van der Waals surface area contributed by atoms with Gasteiger partial charge >= 0.3 is 11.9 Å². The molecule has 0 bridgehead atoms. The van der Waals surface area contributed by atoms with Crippen LogP contribution < -0.4 is 0 Å². The molecule has 0 unspecified atom stereocenters. The maximum absolute atomic E-state index is 12.9. The van der Waals surface area contributed by atoms with Crippen LogP contribution in [-0.4, -0.2) is 25.2 Å². The monoisotopic (exact) mass is 502 g/mol. The minimum atomic E-state index is -0.421. The quantitative estimate of drug-likeness (QED) is 0.117. The molecule has 0 aliphatic heterocycles. The van der Waals surface area contributed by atoms with Gasteiger partial charge in [-0.2, -0.15) is 0 Å². The third-order valence-corrected chi connectivity index (χ3v) is 6.87. The van der Waals surface area contributed by atoms with Crippen molar-refractivity contribution in [3.8, 4) is 0 Å². The maximum atomic E-state index is 12.9. The van der Waals surface area contributed by atoms with E-state index in [0.29, 0.717) is 11.1 Å². The van der Waals surface area contributed by atoms with Crippen LogP contribution in [0.25, 0.3) is 0 Å². The number of benzene rings is 1. The number of carbonyl (C=O) groups excluding carboxylic acids is 2. The molecular weight excluding hydrogens is 448 g/mol. The first-order valence-corrected chi connectivity index (χ1v) is 15.1. The Kier molecular flexibility index (Phi) is 19.0. The van der Waals surface area contributed by atoms with Gasteiger partial charge in [-0.05, 0) is 56.7 Å². The van der Waals surface area contributed by atoms with E-state index < -0.39 is 11.9 Å². The number of carbonyl (C=O) groups is 2. The molecule has 0 radical (unpaired) electrons. The predicted molar refractivity (Wildman–Crippen MR) is 151 cm³/mol. The number of rotatable bonds is 22. The van der Waals surface area contributed by atoms with Gasteiger partial charge in [-0.15, -0.1) is 0 Å². The molecule has 1 aromatic rings. The van der Waals surface area contributed by atoms with E-state index in [2.05, 4.69) is 19.9 Å².